The second-order valence-corrected chi connectivity index (χ2v) is 9.02. The van der Waals surface area contributed by atoms with Crippen molar-refractivity contribution in [1.82, 2.24) is 0 Å². The highest BCUT2D eigenvalue weighted by Crippen LogP contribution is 2.41. The van der Waals surface area contributed by atoms with E-state index in [1.165, 1.54) is 77.0 Å². The van der Waals surface area contributed by atoms with Crippen LogP contribution in [0, 0.1) is 29.6 Å². The monoisotopic (exact) mass is 312 g/mol. The predicted octanol–water partition coefficient (Wildman–Crippen LogP) is 6.95. The van der Waals surface area contributed by atoms with Crippen molar-refractivity contribution in [1.29, 1.82) is 0 Å². The molecule has 0 bridgehead atoms. The van der Waals surface area contributed by atoms with E-state index in [2.05, 4.69) is 13.8 Å². The summed E-state index contributed by atoms with van der Waals surface area (Å²) >= 11 is 0. The molecule has 3 fully saturated rings. The highest BCUT2D eigenvalue weighted by molar-refractivity contribution is 4.81. The molecule has 3 saturated carbocycles. The largest absolute Gasteiger partial charge is 0.378 e. The van der Waals surface area contributed by atoms with Crippen LogP contribution in [0.4, 0.5) is 0 Å². The molecule has 3 rings (SSSR count). The van der Waals surface area contributed by atoms with Gasteiger partial charge in [-0.3, -0.25) is 0 Å². The zero-order chi connectivity index (χ0) is 15.4. The summed E-state index contributed by atoms with van der Waals surface area (Å²) in [6.07, 6.45) is 17.9. The first-order valence-electron chi connectivity index (χ1n) is 10.3. The van der Waals surface area contributed by atoms with Crippen molar-refractivity contribution in [2.24, 2.45) is 29.6 Å². The van der Waals surface area contributed by atoms with Gasteiger partial charge >= 0.3 is 0 Å². The van der Waals surface area contributed by atoms with Crippen molar-refractivity contribution in [3.05, 3.63) is 0 Å². The summed E-state index contributed by atoms with van der Waals surface area (Å²) in [4.78, 5) is 0. The molecule has 0 radical (unpaired) electrons. The Morgan fingerprint density at radius 2 is 1.09 bits per heavy atom. The maximum atomic E-state index is 6.27. The minimum absolute atomic E-state index is 0. The Balaban J connectivity index is 0.00000192. The Morgan fingerprint density at radius 3 is 1.64 bits per heavy atom. The van der Waals surface area contributed by atoms with Crippen LogP contribution in [0.3, 0.4) is 0 Å². The Hall–Kier alpha value is -0.0400. The van der Waals surface area contributed by atoms with Gasteiger partial charge in [-0.1, -0.05) is 26.7 Å². The van der Waals surface area contributed by atoms with E-state index in [0.717, 1.165) is 36.2 Å². The zero-order valence-corrected chi connectivity index (χ0v) is 15.1. The fourth-order valence-corrected chi connectivity index (χ4v) is 5.25. The first-order chi connectivity index (χ1) is 10.7. The van der Waals surface area contributed by atoms with Crippen LogP contribution in [0.1, 0.15) is 95.2 Å². The quantitative estimate of drug-likeness (QED) is 0.545. The van der Waals surface area contributed by atoms with Gasteiger partial charge < -0.3 is 4.74 Å². The molecule has 0 aromatic heterocycles. The van der Waals surface area contributed by atoms with E-state index in [1.54, 1.807) is 0 Å². The van der Waals surface area contributed by atoms with Crippen molar-refractivity contribution < 1.29 is 9.02 Å². The summed E-state index contributed by atoms with van der Waals surface area (Å²) in [5.41, 5.74) is 0. The molecule has 3 aliphatic rings. The molecule has 3 aliphatic carbocycles. The maximum Gasteiger partial charge on any atom is 0.0575 e. The lowest BCUT2D eigenvalue weighted by Crippen LogP contribution is -2.28. The summed E-state index contributed by atoms with van der Waals surface area (Å²) in [6.45, 7) is 5.90. The number of rotatable bonds is 4. The van der Waals surface area contributed by atoms with Crippen molar-refractivity contribution in [3.63, 3.8) is 0 Å². The van der Waals surface area contributed by atoms with Crippen LogP contribution in [0.15, 0.2) is 0 Å². The third-order valence-electron chi connectivity index (χ3n) is 7.15. The first-order valence-corrected chi connectivity index (χ1v) is 10.3. The van der Waals surface area contributed by atoms with Crippen LogP contribution in [0.5, 0.6) is 0 Å². The van der Waals surface area contributed by atoms with Crippen molar-refractivity contribution in [2.75, 3.05) is 6.61 Å². The Bertz CT molecular complexity index is 315. The first kappa shape index (κ1) is 16.8. The Kier molecular flexibility index (Phi) is 6.24. The second-order valence-electron chi connectivity index (χ2n) is 9.02. The summed E-state index contributed by atoms with van der Waals surface area (Å²) in [6, 6.07) is 0. The third kappa shape index (κ3) is 4.73. The number of hydrogen-bond acceptors (Lipinski definition) is 1. The topological polar surface area (TPSA) is 9.23 Å². The molecule has 0 aromatic rings. The summed E-state index contributed by atoms with van der Waals surface area (Å²) in [5, 5.41) is 0. The van der Waals surface area contributed by atoms with Gasteiger partial charge in [0.15, 0.2) is 0 Å². The minimum atomic E-state index is 0. The van der Waals surface area contributed by atoms with Gasteiger partial charge in [-0.05, 0) is 93.8 Å². The molecule has 0 aromatic carbocycles. The smallest absolute Gasteiger partial charge is 0.0575 e. The second kappa shape index (κ2) is 8.18. The predicted molar refractivity (Wildman–Crippen MR) is 100 cm³/mol. The zero-order valence-electron chi connectivity index (χ0n) is 15.1. The highest BCUT2D eigenvalue weighted by atomic mass is 16.5. The molecule has 0 aliphatic heterocycles. The summed E-state index contributed by atoms with van der Waals surface area (Å²) in [7, 11) is 0. The normalized spacial score (nSPS) is 43.9. The average Bonchev–Trinajstić information content (AvgIpc) is 2.56. The molecular formula is C21H44O. The fraction of sp³-hybridized carbons (Fsp3) is 1.00. The summed E-state index contributed by atoms with van der Waals surface area (Å²) < 4.78 is 6.27. The van der Waals surface area contributed by atoms with Gasteiger partial charge in [0.05, 0.1) is 6.10 Å². The molecule has 0 N–H and O–H groups in total. The van der Waals surface area contributed by atoms with Crippen LogP contribution in [0.2, 0.25) is 0 Å². The molecule has 1 heteroatoms. The van der Waals surface area contributed by atoms with E-state index in [-0.39, 0.29) is 4.28 Å². The SMILES string of the molecule is CC1CCC(OCC2CCC(C3CCC(C)CC3)CC2)CC1.[HH].[HH].[HH]. The van der Waals surface area contributed by atoms with Crippen LogP contribution in [-0.4, -0.2) is 12.7 Å². The van der Waals surface area contributed by atoms with Gasteiger partial charge in [-0.2, -0.15) is 0 Å². The van der Waals surface area contributed by atoms with Crippen molar-refractivity contribution in [3.8, 4) is 0 Å². The molecule has 134 valence electrons. The van der Waals surface area contributed by atoms with Gasteiger partial charge in [0.2, 0.25) is 0 Å². The minimum Gasteiger partial charge on any atom is -0.378 e. The van der Waals surface area contributed by atoms with Crippen molar-refractivity contribution >= 4 is 0 Å². The van der Waals surface area contributed by atoms with E-state index in [4.69, 9.17) is 4.74 Å². The van der Waals surface area contributed by atoms with Crippen LogP contribution >= 0.6 is 0 Å². The molecule has 1 nitrogen and oxygen atoms in total. The molecule has 0 saturated heterocycles. The van der Waals surface area contributed by atoms with Gasteiger partial charge in [-0.15, -0.1) is 0 Å². The van der Waals surface area contributed by atoms with Crippen molar-refractivity contribution in [2.45, 2.75) is 97.0 Å². The van der Waals surface area contributed by atoms with E-state index in [1.807, 2.05) is 0 Å². The van der Waals surface area contributed by atoms with Gasteiger partial charge in [0, 0.05) is 10.9 Å². The molecule has 0 atom stereocenters. The lowest BCUT2D eigenvalue weighted by molar-refractivity contribution is -0.0110. The fourth-order valence-electron chi connectivity index (χ4n) is 5.25. The van der Waals surface area contributed by atoms with Crippen LogP contribution in [0.25, 0.3) is 0 Å². The van der Waals surface area contributed by atoms with Gasteiger partial charge in [0.25, 0.3) is 0 Å². The molecule has 22 heavy (non-hydrogen) atoms. The van der Waals surface area contributed by atoms with E-state index < -0.39 is 0 Å². The number of hydrogen-bond donors (Lipinski definition) is 0. The average molecular weight is 313 g/mol. The van der Waals surface area contributed by atoms with E-state index >= 15 is 0 Å². The van der Waals surface area contributed by atoms with Gasteiger partial charge in [-0.25, -0.2) is 0 Å². The summed E-state index contributed by atoms with van der Waals surface area (Å²) in [5.74, 6) is 4.93. The maximum absolute atomic E-state index is 6.27. The Morgan fingerprint density at radius 1 is 0.636 bits per heavy atom. The van der Waals surface area contributed by atoms with E-state index in [9.17, 15) is 0 Å². The highest BCUT2D eigenvalue weighted by Gasteiger charge is 2.30. The number of ether oxygens (including phenoxy) is 1. The third-order valence-corrected chi connectivity index (χ3v) is 7.15. The van der Waals surface area contributed by atoms with Crippen LogP contribution < -0.4 is 0 Å². The van der Waals surface area contributed by atoms with Gasteiger partial charge in [0.1, 0.15) is 0 Å². The molecule has 0 amide bonds. The molecule has 0 spiro atoms. The van der Waals surface area contributed by atoms with E-state index in [0.29, 0.717) is 6.10 Å². The lowest BCUT2D eigenvalue weighted by Gasteiger charge is -2.37. The Labute approximate surface area is 143 Å². The molecule has 0 unspecified atom stereocenters. The van der Waals surface area contributed by atoms with Crippen LogP contribution in [-0.2, 0) is 4.74 Å². The molecule has 0 heterocycles. The molecular weight excluding hydrogens is 268 g/mol. The standard InChI is InChI=1S/C21H38O.3H2/c1-16-3-9-19(10-4-16)20-11-7-18(8-12-20)15-22-21-13-5-17(2)6-14-21;;;/h16-21H,3-15H2,1-2H3;3*1H. The lowest BCUT2D eigenvalue weighted by atomic mass is 9.69.